The Hall–Kier alpha value is -2.69. The Kier molecular flexibility index (Phi) is 4.66. The Morgan fingerprint density at radius 3 is 2.33 bits per heavy atom. The van der Waals surface area contributed by atoms with Crippen molar-refractivity contribution in [3.05, 3.63) is 65.0 Å². The van der Waals surface area contributed by atoms with E-state index in [0.29, 0.717) is 18.5 Å². The molecule has 0 fully saturated rings. The molecule has 0 atom stereocenters. The number of carbonyl (C=O) groups excluding carboxylic acids is 1. The van der Waals surface area contributed by atoms with Crippen LogP contribution in [0.25, 0.3) is 0 Å². The molecule has 1 aromatic heterocycles. The van der Waals surface area contributed by atoms with Gasteiger partial charge in [-0.05, 0) is 43.2 Å². The molecule has 1 heterocycles. The Labute approximate surface area is 122 Å². The van der Waals surface area contributed by atoms with Gasteiger partial charge in [0.2, 0.25) is 0 Å². The van der Waals surface area contributed by atoms with Crippen molar-refractivity contribution in [2.75, 3.05) is 6.54 Å². The maximum absolute atomic E-state index is 11.9. The van der Waals surface area contributed by atoms with Gasteiger partial charge in [0.05, 0.1) is 11.1 Å². The van der Waals surface area contributed by atoms with Gasteiger partial charge in [-0.2, -0.15) is 0 Å². The topological polar surface area (TPSA) is 79.3 Å². The maximum Gasteiger partial charge on any atom is 0.335 e. The third-order valence-electron chi connectivity index (χ3n) is 3.07. The number of amides is 1. The van der Waals surface area contributed by atoms with Crippen LogP contribution < -0.4 is 5.32 Å². The average molecular weight is 284 g/mol. The van der Waals surface area contributed by atoms with Crippen LogP contribution in [0.15, 0.2) is 42.6 Å². The Morgan fingerprint density at radius 1 is 1.10 bits per heavy atom. The van der Waals surface area contributed by atoms with Crippen molar-refractivity contribution >= 4 is 11.9 Å². The normalized spacial score (nSPS) is 10.1. The fourth-order valence-electron chi connectivity index (χ4n) is 1.84. The van der Waals surface area contributed by atoms with Crippen LogP contribution >= 0.6 is 0 Å². The molecular formula is C16H16N2O3. The lowest BCUT2D eigenvalue weighted by Crippen LogP contribution is -2.25. The number of nitrogens with zero attached hydrogens (tertiary/aromatic N) is 1. The van der Waals surface area contributed by atoms with Gasteiger partial charge in [-0.1, -0.05) is 12.1 Å². The molecule has 0 bridgehead atoms. The first-order valence-corrected chi connectivity index (χ1v) is 6.59. The number of aryl methyl sites for hydroxylation is 1. The summed E-state index contributed by atoms with van der Waals surface area (Å²) in [5.41, 5.74) is 2.63. The number of aromatic nitrogens is 1. The first-order valence-electron chi connectivity index (χ1n) is 6.59. The second-order valence-electron chi connectivity index (χ2n) is 4.70. The summed E-state index contributed by atoms with van der Waals surface area (Å²) in [6, 6.07) is 10.2. The zero-order chi connectivity index (χ0) is 15.2. The van der Waals surface area contributed by atoms with Crippen molar-refractivity contribution in [2.45, 2.75) is 13.3 Å². The van der Waals surface area contributed by atoms with E-state index in [2.05, 4.69) is 10.3 Å². The molecule has 0 aliphatic rings. The highest BCUT2D eigenvalue weighted by atomic mass is 16.4. The maximum atomic E-state index is 11.9. The molecule has 108 valence electrons. The molecule has 5 heteroatoms. The lowest BCUT2D eigenvalue weighted by atomic mass is 10.1. The van der Waals surface area contributed by atoms with Gasteiger partial charge in [0, 0.05) is 18.4 Å². The van der Waals surface area contributed by atoms with Gasteiger partial charge in [0.15, 0.2) is 0 Å². The average Bonchev–Trinajstić information content (AvgIpc) is 2.48. The van der Waals surface area contributed by atoms with E-state index in [1.54, 1.807) is 42.6 Å². The lowest BCUT2D eigenvalue weighted by Gasteiger charge is -2.06. The van der Waals surface area contributed by atoms with Crippen molar-refractivity contribution in [1.29, 1.82) is 0 Å². The first kappa shape index (κ1) is 14.7. The van der Waals surface area contributed by atoms with Crippen LogP contribution in [0, 0.1) is 6.92 Å². The van der Waals surface area contributed by atoms with E-state index in [9.17, 15) is 9.59 Å². The molecule has 5 nitrogen and oxygen atoms in total. The summed E-state index contributed by atoms with van der Waals surface area (Å²) >= 11 is 0. The molecule has 1 amide bonds. The zero-order valence-corrected chi connectivity index (χ0v) is 11.7. The molecule has 0 saturated carbocycles. The zero-order valence-electron chi connectivity index (χ0n) is 11.7. The summed E-state index contributed by atoms with van der Waals surface area (Å²) in [6.45, 7) is 2.35. The Morgan fingerprint density at radius 2 is 1.76 bits per heavy atom. The molecule has 0 radical (unpaired) electrons. The fraction of sp³-hybridized carbons (Fsp3) is 0.188. The molecule has 21 heavy (non-hydrogen) atoms. The Bertz CT molecular complexity index is 634. The smallest absolute Gasteiger partial charge is 0.335 e. The van der Waals surface area contributed by atoms with E-state index in [1.165, 1.54) is 0 Å². The molecule has 0 spiro atoms. The van der Waals surface area contributed by atoms with Crippen molar-refractivity contribution in [1.82, 2.24) is 10.3 Å². The van der Waals surface area contributed by atoms with E-state index in [1.807, 2.05) is 6.92 Å². The van der Waals surface area contributed by atoms with Gasteiger partial charge in [0.1, 0.15) is 0 Å². The fourth-order valence-corrected chi connectivity index (χ4v) is 1.84. The van der Waals surface area contributed by atoms with Crippen LogP contribution in [-0.2, 0) is 6.42 Å². The van der Waals surface area contributed by atoms with Gasteiger partial charge in [0.25, 0.3) is 5.91 Å². The van der Waals surface area contributed by atoms with Gasteiger partial charge in [-0.25, -0.2) is 4.79 Å². The van der Waals surface area contributed by atoms with Crippen LogP contribution in [-0.4, -0.2) is 28.5 Å². The number of aromatic carboxylic acids is 1. The number of carbonyl (C=O) groups is 2. The second-order valence-corrected chi connectivity index (χ2v) is 4.70. The SMILES string of the molecule is Cc1ccc(C(=O)NCCc2ccc(C(=O)O)cc2)cn1. The molecular weight excluding hydrogens is 268 g/mol. The quantitative estimate of drug-likeness (QED) is 0.880. The Balaban J connectivity index is 1.85. The molecule has 2 rings (SSSR count). The van der Waals surface area contributed by atoms with Crippen LogP contribution in [0.2, 0.25) is 0 Å². The summed E-state index contributed by atoms with van der Waals surface area (Å²) in [6.07, 6.45) is 2.19. The van der Waals surface area contributed by atoms with Gasteiger partial charge < -0.3 is 10.4 Å². The van der Waals surface area contributed by atoms with E-state index >= 15 is 0 Å². The standard InChI is InChI=1S/C16H16N2O3/c1-11-2-5-14(10-18-11)15(19)17-9-8-12-3-6-13(7-4-12)16(20)21/h2-7,10H,8-9H2,1H3,(H,17,19)(H,20,21). The number of benzene rings is 1. The van der Waals surface area contributed by atoms with E-state index in [-0.39, 0.29) is 11.5 Å². The number of rotatable bonds is 5. The number of hydrogen-bond acceptors (Lipinski definition) is 3. The van der Waals surface area contributed by atoms with E-state index < -0.39 is 5.97 Å². The molecule has 2 N–H and O–H groups in total. The van der Waals surface area contributed by atoms with E-state index in [0.717, 1.165) is 11.3 Å². The molecule has 0 aliphatic heterocycles. The van der Waals surface area contributed by atoms with Crippen molar-refractivity contribution in [2.24, 2.45) is 0 Å². The lowest BCUT2D eigenvalue weighted by molar-refractivity contribution is 0.0696. The van der Waals surface area contributed by atoms with Crippen LogP contribution in [0.3, 0.4) is 0 Å². The first-order chi connectivity index (χ1) is 10.1. The molecule has 0 saturated heterocycles. The van der Waals surface area contributed by atoms with Crippen LogP contribution in [0.1, 0.15) is 32.0 Å². The third kappa shape index (κ3) is 4.14. The largest absolute Gasteiger partial charge is 0.478 e. The number of hydrogen-bond donors (Lipinski definition) is 2. The van der Waals surface area contributed by atoms with E-state index in [4.69, 9.17) is 5.11 Å². The van der Waals surface area contributed by atoms with Gasteiger partial charge in [-0.3, -0.25) is 9.78 Å². The number of carboxylic acid groups (broad SMARTS) is 1. The number of carboxylic acids is 1. The number of nitrogens with one attached hydrogen (secondary N) is 1. The highest BCUT2D eigenvalue weighted by Crippen LogP contribution is 2.05. The minimum absolute atomic E-state index is 0.162. The summed E-state index contributed by atoms with van der Waals surface area (Å²) in [5, 5.41) is 11.6. The number of pyridine rings is 1. The summed E-state index contributed by atoms with van der Waals surface area (Å²) in [7, 11) is 0. The molecule has 1 aromatic carbocycles. The summed E-state index contributed by atoms with van der Waals surface area (Å²) < 4.78 is 0. The summed E-state index contributed by atoms with van der Waals surface area (Å²) in [5.74, 6) is -1.11. The molecule has 0 unspecified atom stereocenters. The third-order valence-corrected chi connectivity index (χ3v) is 3.07. The van der Waals surface area contributed by atoms with Crippen LogP contribution in [0.4, 0.5) is 0 Å². The second kappa shape index (κ2) is 6.65. The predicted octanol–water partition coefficient (Wildman–Crippen LogP) is 2.06. The highest BCUT2D eigenvalue weighted by molar-refractivity contribution is 5.93. The van der Waals surface area contributed by atoms with Gasteiger partial charge in [-0.15, -0.1) is 0 Å². The minimum atomic E-state index is -0.943. The van der Waals surface area contributed by atoms with Crippen molar-refractivity contribution in [3.8, 4) is 0 Å². The highest BCUT2D eigenvalue weighted by Gasteiger charge is 2.05. The molecule has 2 aromatic rings. The predicted molar refractivity (Wildman–Crippen MR) is 78.4 cm³/mol. The van der Waals surface area contributed by atoms with Crippen LogP contribution in [0.5, 0.6) is 0 Å². The molecule has 0 aliphatic carbocycles. The van der Waals surface area contributed by atoms with Crippen molar-refractivity contribution < 1.29 is 14.7 Å². The van der Waals surface area contributed by atoms with Gasteiger partial charge >= 0.3 is 5.97 Å². The minimum Gasteiger partial charge on any atom is -0.478 e. The van der Waals surface area contributed by atoms with Crippen molar-refractivity contribution in [3.63, 3.8) is 0 Å². The summed E-state index contributed by atoms with van der Waals surface area (Å²) in [4.78, 5) is 26.7. The monoisotopic (exact) mass is 284 g/mol.